The van der Waals surface area contributed by atoms with E-state index in [4.69, 9.17) is 0 Å². The van der Waals surface area contributed by atoms with Gasteiger partial charge in [-0.05, 0) is 25.5 Å². The second-order valence-corrected chi connectivity index (χ2v) is 4.64. The number of hydrogen-bond donors (Lipinski definition) is 2. The lowest BCUT2D eigenvalue weighted by Crippen LogP contribution is -2.57. The average Bonchev–Trinajstić information content (AvgIpc) is 2.47. The van der Waals surface area contributed by atoms with Crippen molar-refractivity contribution < 1.29 is 9.59 Å². The molecule has 6 heteroatoms. The van der Waals surface area contributed by atoms with Gasteiger partial charge in [0.25, 0.3) is 5.91 Å². The molecule has 1 fully saturated rings. The Kier molecular flexibility index (Phi) is 4.55. The van der Waals surface area contributed by atoms with Gasteiger partial charge >= 0.3 is 0 Å². The minimum Gasteiger partial charge on any atom is -0.370 e. The van der Waals surface area contributed by atoms with Gasteiger partial charge in [-0.3, -0.25) is 9.59 Å². The zero-order chi connectivity index (χ0) is 14.5. The molecule has 2 N–H and O–H groups in total. The molecule has 1 aliphatic heterocycles. The summed E-state index contributed by atoms with van der Waals surface area (Å²) in [4.78, 5) is 30.4. The zero-order valence-corrected chi connectivity index (χ0v) is 11.8. The van der Waals surface area contributed by atoms with Crippen LogP contribution < -0.4 is 10.6 Å². The van der Waals surface area contributed by atoms with Gasteiger partial charge in [-0.25, -0.2) is 4.98 Å². The maximum absolute atomic E-state index is 12.7. The molecule has 1 aliphatic rings. The molecule has 2 amide bonds. The Balaban J connectivity index is 2.28. The van der Waals surface area contributed by atoms with Crippen LogP contribution in [-0.2, 0) is 4.79 Å². The van der Waals surface area contributed by atoms with E-state index in [-0.39, 0.29) is 11.8 Å². The summed E-state index contributed by atoms with van der Waals surface area (Å²) in [5.74, 6) is 0.345. The van der Waals surface area contributed by atoms with E-state index < -0.39 is 6.04 Å². The van der Waals surface area contributed by atoms with Crippen molar-refractivity contribution in [3.05, 3.63) is 23.9 Å². The van der Waals surface area contributed by atoms with Crippen LogP contribution in [0.15, 0.2) is 18.3 Å². The second kappa shape index (κ2) is 6.36. The van der Waals surface area contributed by atoms with Crippen LogP contribution in [0.3, 0.4) is 0 Å². The molecule has 6 nitrogen and oxygen atoms in total. The predicted octanol–water partition coefficient (Wildman–Crippen LogP) is 0.864. The van der Waals surface area contributed by atoms with Gasteiger partial charge < -0.3 is 15.5 Å². The summed E-state index contributed by atoms with van der Waals surface area (Å²) >= 11 is 0. The number of nitrogens with one attached hydrogen (secondary N) is 2. The van der Waals surface area contributed by atoms with Crippen LogP contribution in [-0.4, -0.2) is 47.4 Å². The largest absolute Gasteiger partial charge is 0.370 e. The molecular formula is C14H20N4O2. The molecule has 0 saturated carbocycles. The van der Waals surface area contributed by atoms with E-state index in [1.807, 2.05) is 13.8 Å². The molecule has 2 rings (SSSR count). The van der Waals surface area contributed by atoms with Gasteiger partial charge in [0.1, 0.15) is 11.9 Å². The average molecular weight is 276 g/mol. The van der Waals surface area contributed by atoms with Gasteiger partial charge in [0.15, 0.2) is 0 Å². The first-order chi connectivity index (χ1) is 9.69. The maximum atomic E-state index is 12.7. The van der Waals surface area contributed by atoms with Crippen LogP contribution in [0.5, 0.6) is 0 Å². The highest BCUT2D eigenvalue weighted by Gasteiger charge is 2.33. The molecule has 2 heterocycles. The van der Waals surface area contributed by atoms with Gasteiger partial charge in [-0.15, -0.1) is 0 Å². The number of piperazine rings is 1. The molecule has 0 aliphatic carbocycles. The monoisotopic (exact) mass is 276 g/mol. The summed E-state index contributed by atoms with van der Waals surface area (Å²) in [5, 5.41) is 5.88. The SMILES string of the molecule is CCNc1ncccc1C(=O)N1CCNC(=O)C1CC. The van der Waals surface area contributed by atoms with Crippen molar-refractivity contribution >= 4 is 17.6 Å². The van der Waals surface area contributed by atoms with E-state index in [9.17, 15) is 9.59 Å². The van der Waals surface area contributed by atoms with Crippen molar-refractivity contribution in [3.63, 3.8) is 0 Å². The summed E-state index contributed by atoms with van der Waals surface area (Å²) in [5.41, 5.74) is 0.516. The summed E-state index contributed by atoms with van der Waals surface area (Å²) in [6.45, 7) is 5.58. The third kappa shape index (κ3) is 2.74. The Morgan fingerprint density at radius 3 is 3.05 bits per heavy atom. The number of nitrogens with zero attached hydrogens (tertiary/aromatic N) is 2. The molecule has 1 atom stereocenters. The lowest BCUT2D eigenvalue weighted by molar-refractivity contribution is -0.127. The molecule has 1 saturated heterocycles. The number of rotatable bonds is 4. The van der Waals surface area contributed by atoms with Crippen molar-refractivity contribution in [2.45, 2.75) is 26.3 Å². The van der Waals surface area contributed by atoms with Gasteiger partial charge in [-0.2, -0.15) is 0 Å². The fourth-order valence-corrected chi connectivity index (χ4v) is 2.40. The van der Waals surface area contributed by atoms with E-state index in [0.717, 1.165) is 0 Å². The summed E-state index contributed by atoms with van der Waals surface area (Å²) < 4.78 is 0. The van der Waals surface area contributed by atoms with Crippen molar-refractivity contribution in [3.8, 4) is 0 Å². The van der Waals surface area contributed by atoms with E-state index in [1.165, 1.54) is 0 Å². The van der Waals surface area contributed by atoms with E-state index in [2.05, 4.69) is 15.6 Å². The molecule has 1 aromatic heterocycles. The number of hydrogen-bond acceptors (Lipinski definition) is 4. The van der Waals surface area contributed by atoms with Crippen molar-refractivity contribution in [1.82, 2.24) is 15.2 Å². The molecule has 0 bridgehead atoms. The quantitative estimate of drug-likeness (QED) is 0.855. The Morgan fingerprint density at radius 1 is 1.55 bits per heavy atom. The van der Waals surface area contributed by atoms with Crippen LogP contribution in [0.25, 0.3) is 0 Å². The summed E-state index contributed by atoms with van der Waals surface area (Å²) in [6, 6.07) is 3.08. The van der Waals surface area contributed by atoms with E-state index >= 15 is 0 Å². The minimum absolute atomic E-state index is 0.0824. The van der Waals surface area contributed by atoms with Crippen LogP contribution in [0, 0.1) is 0 Å². The number of carbonyl (C=O) groups excluding carboxylic acids is 2. The normalized spacial score (nSPS) is 18.6. The lowest BCUT2D eigenvalue weighted by Gasteiger charge is -2.34. The highest BCUT2D eigenvalue weighted by Crippen LogP contribution is 2.18. The first-order valence-electron chi connectivity index (χ1n) is 6.96. The van der Waals surface area contributed by atoms with Crippen molar-refractivity contribution in [1.29, 1.82) is 0 Å². The molecule has 0 aromatic carbocycles. The third-order valence-electron chi connectivity index (χ3n) is 3.36. The number of pyridine rings is 1. The first-order valence-corrected chi connectivity index (χ1v) is 6.96. The first kappa shape index (κ1) is 14.3. The van der Waals surface area contributed by atoms with Gasteiger partial charge in [0.2, 0.25) is 5.91 Å². The van der Waals surface area contributed by atoms with Gasteiger partial charge in [0, 0.05) is 25.8 Å². The number of anilines is 1. The van der Waals surface area contributed by atoms with Crippen LogP contribution in [0.4, 0.5) is 5.82 Å². The molecule has 1 unspecified atom stereocenters. The highest BCUT2D eigenvalue weighted by atomic mass is 16.2. The molecule has 108 valence electrons. The van der Waals surface area contributed by atoms with Crippen LogP contribution >= 0.6 is 0 Å². The summed E-state index contributed by atoms with van der Waals surface area (Å²) in [6.07, 6.45) is 2.25. The molecular weight excluding hydrogens is 256 g/mol. The Bertz CT molecular complexity index is 504. The van der Waals surface area contributed by atoms with Crippen LogP contribution in [0.1, 0.15) is 30.6 Å². The highest BCUT2D eigenvalue weighted by molar-refractivity contribution is 6.01. The van der Waals surface area contributed by atoms with E-state index in [0.29, 0.717) is 37.4 Å². The third-order valence-corrected chi connectivity index (χ3v) is 3.36. The maximum Gasteiger partial charge on any atom is 0.258 e. The van der Waals surface area contributed by atoms with Crippen LogP contribution in [0.2, 0.25) is 0 Å². The number of amides is 2. The van der Waals surface area contributed by atoms with Gasteiger partial charge in [0.05, 0.1) is 5.56 Å². The molecule has 1 aromatic rings. The molecule has 0 spiro atoms. The fourth-order valence-electron chi connectivity index (χ4n) is 2.40. The smallest absolute Gasteiger partial charge is 0.258 e. The standard InChI is InChI=1S/C14H20N4O2/c1-3-11-13(19)17-8-9-18(11)14(20)10-6-5-7-16-12(10)15-4-2/h5-7,11H,3-4,8-9H2,1-2H3,(H,15,16)(H,17,19). The predicted molar refractivity (Wildman–Crippen MR) is 76.5 cm³/mol. The fraction of sp³-hybridized carbons (Fsp3) is 0.500. The second-order valence-electron chi connectivity index (χ2n) is 4.64. The Hall–Kier alpha value is -2.11. The summed E-state index contributed by atoms with van der Waals surface area (Å²) in [7, 11) is 0. The Morgan fingerprint density at radius 2 is 2.35 bits per heavy atom. The van der Waals surface area contributed by atoms with Crippen molar-refractivity contribution in [2.24, 2.45) is 0 Å². The topological polar surface area (TPSA) is 74.3 Å². The van der Waals surface area contributed by atoms with Crippen molar-refractivity contribution in [2.75, 3.05) is 25.0 Å². The number of carbonyl (C=O) groups is 2. The number of aromatic nitrogens is 1. The Labute approximate surface area is 118 Å². The van der Waals surface area contributed by atoms with E-state index in [1.54, 1.807) is 23.2 Å². The van der Waals surface area contributed by atoms with Gasteiger partial charge in [-0.1, -0.05) is 6.92 Å². The molecule has 20 heavy (non-hydrogen) atoms. The molecule has 0 radical (unpaired) electrons. The zero-order valence-electron chi connectivity index (χ0n) is 11.8. The lowest BCUT2D eigenvalue weighted by atomic mass is 10.1. The minimum atomic E-state index is -0.397.